The molecule has 0 bridgehead atoms. The summed E-state index contributed by atoms with van der Waals surface area (Å²) < 4.78 is 19.7. The SMILES string of the molecule is [3H][C@H]1C[C@@]2(O)C[C@]3(CCC)C[C@]3(OC(C)C)[C@H]2O1. The first-order valence-corrected chi connectivity index (χ1v) is 6.85. The molecule has 3 aliphatic rings. The smallest absolute Gasteiger partial charge is 0.116 e. The summed E-state index contributed by atoms with van der Waals surface area (Å²) in [6, 6.07) is 0. The number of hydrogen-bond donors (Lipinski definition) is 1. The first kappa shape index (κ1) is 10.8. The number of ether oxygens (including phenoxy) is 2. The van der Waals surface area contributed by atoms with Crippen molar-refractivity contribution in [2.24, 2.45) is 5.41 Å². The lowest BCUT2D eigenvalue weighted by atomic mass is 9.88. The van der Waals surface area contributed by atoms with Crippen LogP contribution in [0.4, 0.5) is 0 Å². The van der Waals surface area contributed by atoms with Crippen molar-refractivity contribution in [1.82, 2.24) is 0 Å². The Bertz CT molecular complexity index is 361. The van der Waals surface area contributed by atoms with Crippen molar-refractivity contribution in [3.63, 3.8) is 0 Å². The first-order chi connectivity index (χ1) is 8.37. The molecule has 0 radical (unpaired) electrons. The van der Waals surface area contributed by atoms with Crippen molar-refractivity contribution in [3.8, 4) is 0 Å². The zero-order valence-electron chi connectivity index (χ0n) is 12.0. The van der Waals surface area contributed by atoms with Gasteiger partial charge in [-0.15, -0.1) is 0 Å². The molecule has 0 aromatic rings. The van der Waals surface area contributed by atoms with Crippen LogP contribution in [0.5, 0.6) is 0 Å². The second-order valence-electron chi connectivity index (χ2n) is 6.43. The Labute approximate surface area is 105 Å². The molecule has 1 saturated heterocycles. The second-order valence-corrected chi connectivity index (χ2v) is 6.43. The number of aliphatic hydroxyl groups is 1. The quantitative estimate of drug-likeness (QED) is 0.822. The minimum atomic E-state index is -0.825. The molecule has 3 fully saturated rings. The highest BCUT2D eigenvalue weighted by molar-refractivity contribution is 5.33. The van der Waals surface area contributed by atoms with Crippen molar-refractivity contribution in [2.75, 3.05) is 6.58 Å². The largest absolute Gasteiger partial charge is 0.387 e. The van der Waals surface area contributed by atoms with E-state index in [1.807, 2.05) is 13.8 Å². The molecule has 0 unspecified atom stereocenters. The lowest BCUT2D eigenvalue weighted by Gasteiger charge is -2.29. The summed E-state index contributed by atoms with van der Waals surface area (Å²) in [5.74, 6) is 0. The molecule has 1 aliphatic heterocycles. The van der Waals surface area contributed by atoms with E-state index in [-0.39, 0.29) is 23.2 Å². The Morgan fingerprint density at radius 2 is 2.29 bits per heavy atom. The highest BCUT2D eigenvalue weighted by atomic mass is 16.6. The third-order valence-electron chi connectivity index (χ3n) is 4.77. The van der Waals surface area contributed by atoms with Gasteiger partial charge in [0.25, 0.3) is 0 Å². The van der Waals surface area contributed by atoms with Gasteiger partial charge in [-0.05, 0) is 33.1 Å². The van der Waals surface area contributed by atoms with Gasteiger partial charge in [-0.2, -0.15) is 0 Å². The molecule has 1 heterocycles. The molecule has 3 rings (SSSR count). The molecule has 5 atom stereocenters. The maximum Gasteiger partial charge on any atom is 0.116 e. The molecule has 0 amide bonds. The van der Waals surface area contributed by atoms with Gasteiger partial charge >= 0.3 is 0 Å². The summed E-state index contributed by atoms with van der Waals surface area (Å²) in [7, 11) is 0. The maximum absolute atomic E-state index is 10.7. The van der Waals surface area contributed by atoms with Crippen LogP contribution in [0.3, 0.4) is 0 Å². The maximum atomic E-state index is 10.7. The molecule has 2 saturated carbocycles. The fraction of sp³-hybridized carbons (Fsp3) is 1.00. The van der Waals surface area contributed by atoms with Gasteiger partial charge in [-0.1, -0.05) is 13.3 Å². The van der Waals surface area contributed by atoms with Gasteiger partial charge in [0.2, 0.25) is 0 Å². The summed E-state index contributed by atoms with van der Waals surface area (Å²) >= 11 is 0. The van der Waals surface area contributed by atoms with Crippen molar-refractivity contribution < 1.29 is 16.0 Å². The van der Waals surface area contributed by atoms with Crippen LogP contribution in [-0.2, 0) is 9.47 Å². The van der Waals surface area contributed by atoms with Gasteiger partial charge in [0, 0.05) is 11.8 Å². The van der Waals surface area contributed by atoms with Gasteiger partial charge < -0.3 is 14.6 Å². The van der Waals surface area contributed by atoms with Crippen LogP contribution in [0.2, 0.25) is 0 Å². The van der Waals surface area contributed by atoms with Gasteiger partial charge in [0.05, 0.1) is 19.7 Å². The molecular formula is C14H24O3. The Morgan fingerprint density at radius 3 is 2.94 bits per heavy atom. The molecular weight excluding hydrogens is 216 g/mol. The van der Waals surface area contributed by atoms with E-state index >= 15 is 0 Å². The first-order valence-electron chi connectivity index (χ1n) is 7.43. The molecule has 98 valence electrons. The standard InChI is InChI=1S/C14H24O3/c1-4-5-12-8-13(15)6-7-16-11(13)14(12,9-12)17-10(2)3/h10-11,15H,4-9H2,1-3H3/t11-,12+,13+,14-/m0/s1/i7T/t7-,11-,12+,13+,14-. The average molecular weight is 242 g/mol. The zero-order valence-corrected chi connectivity index (χ0v) is 11.0. The van der Waals surface area contributed by atoms with Crippen LogP contribution >= 0.6 is 0 Å². The average Bonchev–Trinajstić information content (AvgIpc) is 2.58. The highest BCUT2D eigenvalue weighted by Gasteiger charge is 2.83. The van der Waals surface area contributed by atoms with Gasteiger partial charge in [-0.25, -0.2) is 0 Å². The van der Waals surface area contributed by atoms with Crippen molar-refractivity contribution in [2.45, 2.75) is 76.3 Å². The topological polar surface area (TPSA) is 38.7 Å². The number of rotatable bonds is 4. The van der Waals surface area contributed by atoms with E-state index in [2.05, 4.69) is 6.92 Å². The molecule has 2 aliphatic carbocycles. The van der Waals surface area contributed by atoms with Crippen LogP contribution in [0.25, 0.3) is 0 Å². The monoisotopic (exact) mass is 242 g/mol. The summed E-state index contributed by atoms with van der Waals surface area (Å²) in [6.07, 6.45) is 4.22. The van der Waals surface area contributed by atoms with Crippen LogP contribution in [0, 0.1) is 5.41 Å². The minimum Gasteiger partial charge on any atom is -0.387 e. The molecule has 0 aromatic heterocycles. The third kappa shape index (κ3) is 1.39. The molecule has 0 spiro atoms. The minimum absolute atomic E-state index is 0.103. The van der Waals surface area contributed by atoms with Crippen LogP contribution in [0.1, 0.15) is 54.2 Å². The summed E-state index contributed by atoms with van der Waals surface area (Å²) in [5.41, 5.74) is -1.04. The van der Waals surface area contributed by atoms with Gasteiger partial charge in [0.1, 0.15) is 11.7 Å². The van der Waals surface area contributed by atoms with Crippen LogP contribution in [-0.4, -0.2) is 35.1 Å². The second kappa shape index (κ2) is 3.46. The molecule has 17 heavy (non-hydrogen) atoms. The van der Waals surface area contributed by atoms with Crippen LogP contribution in [0.15, 0.2) is 0 Å². The third-order valence-corrected chi connectivity index (χ3v) is 4.77. The summed E-state index contributed by atoms with van der Waals surface area (Å²) in [5, 5.41) is 10.7. The lowest BCUT2D eigenvalue weighted by molar-refractivity contribution is -0.129. The molecule has 1 N–H and O–H groups in total. The summed E-state index contributed by atoms with van der Waals surface area (Å²) in [6.45, 7) is 5.66. The van der Waals surface area contributed by atoms with E-state index < -0.39 is 12.2 Å². The van der Waals surface area contributed by atoms with Crippen molar-refractivity contribution >= 4 is 0 Å². The Kier molecular flexibility index (Phi) is 2.19. The highest BCUT2D eigenvalue weighted by Crippen LogP contribution is 2.75. The fourth-order valence-electron chi connectivity index (χ4n) is 4.37. The van der Waals surface area contributed by atoms with E-state index in [1.54, 1.807) is 0 Å². The summed E-state index contributed by atoms with van der Waals surface area (Å²) in [4.78, 5) is 0. The van der Waals surface area contributed by atoms with E-state index in [9.17, 15) is 5.11 Å². The Hall–Kier alpha value is -0.120. The zero-order chi connectivity index (χ0) is 13.2. The number of fused-ring (bicyclic) bond motifs is 3. The fourth-order valence-corrected chi connectivity index (χ4v) is 4.37. The van der Waals surface area contributed by atoms with Crippen molar-refractivity contribution in [1.29, 1.82) is 0 Å². The Balaban J connectivity index is 1.90. The molecule has 0 aromatic carbocycles. The Morgan fingerprint density at radius 1 is 1.53 bits per heavy atom. The van der Waals surface area contributed by atoms with E-state index in [0.717, 1.165) is 25.7 Å². The normalized spacial score (nSPS) is 56.9. The van der Waals surface area contributed by atoms with E-state index in [1.165, 1.54) is 0 Å². The number of hydrogen-bond acceptors (Lipinski definition) is 3. The van der Waals surface area contributed by atoms with E-state index in [0.29, 0.717) is 6.42 Å². The van der Waals surface area contributed by atoms with Crippen molar-refractivity contribution in [3.05, 3.63) is 0 Å². The predicted molar refractivity (Wildman–Crippen MR) is 64.8 cm³/mol. The molecule has 3 heteroatoms. The lowest BCUT2D eigenvalue weighted by Crippen LogP contribution is -2.44. The predicted octanol–water partition coefficient (Wildman–Crippen LogP) is 2.26. The van der Waals surface area contributed by atoms with Gasteiger partial charge in [-0.3, -0.25) is 0 Å². The molecule has 3 nitrogen and oxygen atoms in total. The van der Waals surface area contributed by atoms with E-state index in [4.69, 9.17) is 10.8 Å². The van der Waals surface area contributed by atoms with Gasteiger partial charge in [0.15, 0.2) is 0 Å². The van der Waals surface area contributed by atoms with Crippen LogP contribution < -0.4 is 0 Å².